The number of alkyl halides is 3. The summed E-state index contributed by atoms with van der Waals surface area (Å²) < 4.78 is 35.7. The molecule has 0 aliphatic carbocycles. The summed E-state index contributed by atoms with van der Waals surface area (Å²) in [7, 11) is 0. The first-order valence-corrected chi connectivity index (χ1v) is 3.91. The number of halogens is 3. The van der Waals surface area contributed by atoms with Crippen molar-refractivity contribution in [2.24, 2.45) is 0 Å². The number of nitrogens with zero attached hydrogens (tertiary/aromatic N) is 1. The summed E-state index contributed by atoms with van der Waals surface area (Å²) in [6.07, 6.45) is -4.17. The molecule has 0 fully saturated rings. The molecule has 0 aromatic carbocycles. The van der Waals surface area contributed by atoms with Gasteiger partial charge in [-0.2, -0.15) is 13.2 Å². The van der Waals surface area contributed by atoms with Crippen LogP contribution in [0.4, 0.5) is 13.2 Å². The molecule has 0 radical (unpaired) electrons. The third-order valence-corrected chi connectivity index (χ3v) is 1.61. The van der Waals surface area contributed by atoms with Crippen molar-refractivity contribution < 1.29 is 18.0 Å². The van der Waals surface area contributed by atoms with Crippen molar-refractivity contribution in [3.8, 4) is 0 Å². The molecule has 1 rings (SSSR count). The van der Waals surface area contributed by atoms with Gasteiger partial charge in [0, 0.05) is 17.5 Å². The summed E-state index contributed by atoms with van der Waals surface area (Å²) in [6.45, 7) is 1.33. The van der Waals surface area contributed by atoms with E-state index in [-0.39, 0.29) is 11.5 Å². The summed E-state index contributed by atoms with van der Waals surface area (Å²) in [6, 6.07) is 2.56. The lowest BCUT2D eigenvalue weighted by Crippen LogP contribution is -2.12. The highest BCUT2D eigenvalue weighted by atomic mass is 19.4. The molecule has 0 N–H and O–H groups in total. The zero-order valence-electron chi connectivity index (χ0n) is 7.43. The van der Waals surface area contributed by atoms with E-state index in [1.54, 1.807) is 0 Å². The van der Waals surface area contributed by atoms with Crippen LogP contribution in [0.15, 0.2) is 18.3 Å². The molecular weight excluding hydrogens is 195 g/mol. The van der Waals surface area contributed by atoms with Crippen molar-refractivity contribution in [3.05, 3.63) is 29.6 Å². The molecule has 0 saturated carbocycles. The van der Waals surface area contributed by atoms with E-state index in [4.69, 9.17) is 0 Å². The number of rotatable bonds is 2. The molecule has 14 heavy (non-hydrogen) atoms. The van der Waals surface area contributed by atoms with Crippen LogP contribution in [0, 0.1) is 0 Å². The molecule has 0 bridgehead atoms. The standard InChI is InChI=1S/C9H8F3NO/c1-6(14)7-2-3-8(13-5-7)4-9(10,11)12/h2-3,5H,4H2,1H3. The van der Waals surface area contributed by atoms with Crippen LogP contribution in [0.3, 0.4) is 0 Å². The maximum atomic E-state index is 11.9. The van der Waals surface area contributed by atoms with E-state index in [1.807, 2.05) is 0 Å². The molecule has 0 unspecified atom stereocenters. The van der Waals surface area contributed by atoms with Gasteiger partial charge in [-0.15, -0.1) is 0 Å². The average Bonchev–Trinajstić information content (AvgIpc) is 2.02. The van der Waals surface area contributed by atoms with Gasteiger partial charge in [-0.3, -0.25) is 9.78 Å². The van der Waals surface area contributed by atoms with Gasteiger partial charge < -0.3 is 0 Å². The summed E-state index contributed by atoms with van der Waals surface area (Å²) in [5.41, 5.74) is 0.235. The molecule has 0 aliphatic heterocycles. The van der Waals surface area contributed by atoms with Gasteiger partial charge in [0.05, 0.1) is 6.42 Å². The zero-order valence-corrected chi connectivity index (χ0v) is 7.43. The largest absolute Gasteiger partial charge is 0.394 e. The second-order valence-corrected chi connectivity index (χ2v) is 2.89. The molecule has 0 saturated heterocycles. The third kappa shape index (κ3) is 3.16. The van der Waals surface area contributed by atoms with E-state index in [0.717, 1.165) is 6.20 Å². The molecule has 0 amide bonds. The Kier molecular flexibility index (Phi) is 2.88. The van der Waals surface area contributed by atoms with Crippen LogP contribution in [0.2, 0.25) is 0 Å². The zero-order chi connectivity index (χ0) is 10.8. The lowest BCUT2D eigenvalue weighted by Gasteiger charge is -2.05. The van der Waals surface area contributed by atoms with Crippen molar-refractivity contribution in [1.82, 2.24) is 4.98 Å². The number of Topliss-reactive ketones (excluding diaryl/α,β-unsaturated/α-hetero) is 1. The normalized spacial score (nSPS) is 11.4. The van der Waals surface area contributed by atoms with Gasteiger partial charge >= 0.3 is 6.18 Å². The summed E-state index contributed by atoms with van der Waals surface area (Å²) in [5.74, 6) is -0.212. The van der Waals surface area contributed by atoms with Crippen molar-refractivity contribution in [3.63, 3.8) is 0 Å². The molecule has 76 valence electrons. The smallest absolute Gasteiger partial charge is 0.294 e. The first-order valence-electron chi connectivity index (χ1n) is 3.91. The fourth-order valence-electron chi connectivity index (χ4n) is 0.943. The average molecular weight is 203 g/mol. The molecule has 0 aliphatic rings. The van der Waals surface area contributed by atoms with Gasteiger partial charge in [0.15, 0.2) is 5.78 Å². The maximum Gasteiger partial charge on any atom is 0.394 e. The van der Waals surface area contributed by atoms with Crippen LogP contribution >= 0.6 is 0 Å². The molecule has 5 heteroatoms. The lowest BCUT2D eigenvalue weighted by atomic mass is 10.2. The van der Waals surface area contributed by atoms with Gasteiger partial charge in [0.1, 0.15) is 0 Å². The van der Waals surface area contributed by atoms with Crippen molar-refractivity contribution >= 4 is 5.78 Å². The fourth-order valence-corrected chi connectivity index (χ4v) is 0.943. The Labute approximate surface area is 78.8 Å². The summed E-state index contributed by atoms with van der Waals surface area (Å²) in [4.78, 5) is 14.3. The quantitative estimate of drug-likeness (QED) is 0.691. The molecule has 1 aromatic heterocycles. The molecule has 1 heterocycles. The van der Waals surface area contributed by atoms with Crippen LogP contribution in [-0.4, -0.2) is 16.9 Å². The van der Waals surface area contributed by atoms with Crippen molar-refractivity contribution in [2.75, 3.05) is 0 Å². The first-order chi connectivity index (χ1) is 6.38. The highest BCUT2D eigenvalue weighted by molar-refractivity contribution is 5.93. The Balaban J connectivity index is 2.79. The van der Waals surface area contributed by atoms with Crippen LogP contribution < -0.4 is 0 Å². The van der Waals surface area contributed by atoms with Gasteiger partial charge in [-0.25, -0.2) is 0 Å². The minimum absolute atomic E-state index is 0.0810. The van der Waals surface area contributed by atoms with E-state index in [2.05, 4.69) is 4.98 Å². The van der Waals surface area contributed by atoms with Crippen molar-refractivity contribution in [2.45, 2.75) is 19.5 Å². The van der Waals surface area contributed by atoms with E-state index < -0.39 is 12.6 Å². The second-order valence-electron chi connectivity index (χ2n) is 2.89. The number of pyridine rings is 1. The van der Waals surface area contributed by atoms with Gasteiger partial charge in [0.25, 0.3) is 0 Å². The minimum Gasteiger partial charge on any atom is -0.294 e. The number of aromatic nitrogens is 1. The number of hydrogen-bond donors (Lipinski definition) is 0. The highest BCUT2D eigenvalue weighted by Gasteiger charge is 2.28. The summed E-state index contributed by atoms with van der Waals surface area (Å²) >= 11 is 0. The molecule has 1 aromatic rings. The van der Waals surface area contributed by atoms with Gasteiger partial charge in [0.2, 0.25) is 0 Å². The van der Waals surface area contributed by atoms with E-state index in [9.17, 15) is 18.0 Å². The maximum absolute atomic E-state index is 11.9. The Bertz CT molecular complexity index is 329. The second kappa shape index (κ2) is 3.77. The van der Waals surface area contributed by atoms with Gasteiger partial charge in [-0.05, 0) is 19.1 Å². The number of carbonyl (C=O) groups excluding carboxylic acids is 1. The Hall–Kier alpha value is -1.39. The van der Waals surface area contributed by atoms with E-state index in [0.29, 0.717) is 5.56 Å². The van der Waals surface area contributed by atoms with Gasteiger partial charge in [-0.1, -0.05) is 0 Å². The number of ketones is 1. The van der Waals surface area contributed by atoms with E-state index >= 15 is 0 Å². The van der Waals surface area contributed by atoms with Crippen LogP contribution in [0.5, 0.6) is 0 Å². The predicted octanol–water partition coefficient (Wildman–Crippen LogP) is 2.39. The first kappa shape index (κ1) is 10.7. The topological polar surface area (TPSA) is 30.0 Å². The molecule has 0 spiro atoms. The molecule has 0 atom stereocenters. The Morgan fingerprint density at radius 3 is 2.43 bits per heavy atom. The van der Waals surface area contributed by atoms with E-state index in [1.165, 1.54) is 19.1 Å². The Morgan fingerprint density at radius 2 is 2.07 bits per heavy atom. The van der Waals surface area contributed by atoms with Crippen LogP contribution in [0.1, 0.15) is 23.0 Å². The monoisotopic (exact) mass is 203 g/mol. The predicted molar refractivity (Wildman–Crippen MR) is 44.0 cm³/mol. The summed E-state index contributed by atoms with van der Waals surface area (Å²) in [5, 5.41) is 0. The van der Waals surface area contributed by atoms with Crippen LogP contribution in [0.25, 0.3) is 0 Å². The SMILES string of the molecule is CC(=O)c1ccc(CC(F)(F)F)nc1. The fraction of sp³-hybridized carbons (Fsp3) is 0.333. The third-order valence-electron chi connectivity index (χ3n) is 1.61. The number of hydrogen-bond acceptors (Lipinski definition) is 2. The Morgan fingerprint density at radius 1 is 1.43 bits per heavy atom. The number of carbonyl (C=O) groups is 1. The van der Waals surface area contributed by atoms with Crippen molar-refractivity contribution in [1.29, 1.82) is 0 Å². The molecular formula is C9H8F3NO. The highest BCUT2D eigenvalue weighted by Crippen LogP contribution is 2.19. The van der Waals surface area contributed by atoms with Crippen LogP contribution in [-0.2, 0) is 6.42 Å². The molecule has 2 nitrogen and oxygen atoms in total. The minimum atomic E-state index is -4.26. The lowest BCUT2D eigenvalue weighted by molar-refractivity contribution is -0.127.